The van der Waals surface area contributed by atoms with Gasteiger partial charge in [0.05, 0.1) is 10.8 Å². The molecule has 5 nitrogen and oxygen atoms in total. The number of aliphatic carboxylic acids is 1. The Bertz CT molecular complexity index is 629. The molecule has 0 saturated heterocycles. The first-order chi connectivity index (χ1) is 9.29. The minimum absolute atomic E-state index is 0.182. The van der Waals surface area contributed by atoms with Crippen LogP contribution in [0.2, 0.25) is 0 Å². The van der Waals surface area contributed by atoms with E-state index in [1.807, 2.05) is 6.92 Å². The van der Waals surface area contributed by atoms with Gasteiger partial charge in [-0.25, -0.2) is 13.1 Å². The smallest absolute Gasteiger partial charge is 0.306 e. The molecule has 1 aliphatic carbocycles. The minimum Gasteiger partial charge on any atom is -0.481 e. The molecule has 0 spiro atoms. The highest BCUT2D eigenvalue weighted by atomic mass is 79.9. The number of rotatable bonds is 4. The summed E-state index contributed by atoms with van der Waals surface area (Å²) in [7, 11) is -3.63. The summed E-state index contributed by atoms with van der Waals surface area (Å²) in [6, 6.07) is 4.71. The van der Waals surface area contributed by atoms with Gasteiger partial charge in [-0.15, -0.1) is 0 Å². The number of benzene rings is 1. The summed E-state index contributed by atoms with van der Waals surface area (Å²) >= 11 is 3.25. The standard InChI is InChI=1S/C13H16BrNO4S/c1-8-2-5-12(11(14)6-8)20(18,19)15-10-4-3-9(7-10)13(16)17/h2,5-6,9-10,15H,3-4,7H2,1H3,(H,16,17). The lowest BCUT2D eigenvalue weighted by molar-refractivity contribution is -0.141. The van der Waals surface area contributed by atoms with Crippen molar-refractivity contribution in [3.8, 4) is 0 Å². The van der Waals surface area contributed by atoms with Gasteiger partial charge in [0.15, 0.2) is 0 Å². The predicted molar refractivity (Wildman–Crippen MR) is 78.0 cm³/mol. The third kappa shape index (κ3) is 3.39. The number of nitrogens with one attached hydrogen (secondary N) is 1. The van der Waals surface area contributed by atoms with E-state index < -0.39 is 21.9 Å². The van der Waals surface area contributed by atoms with E-state index in [9.17, 15) is 13.2 Å². The number of halogens is 1. The minimum atomic E-state index is -3.63. The molecule has 0 amide bonds. The quantitative estimate of drug-likeness (QED) is 0.861. The summed E-state index contributed by atoms with van der Waals surface area (Å²) in [5, 5.41) is 8.94. The van der Waals surface area contributed by atoms with Gasteiger partial charge in [0, 0.05) is 10.5 Å². The first-order valence-corrected chi connectivity index (χ1v) is 8.58. The number of carboxylic acids is 1. The van der Waals surface area contributed by atoms with Crippen molar-refractivity contribution in [3.05, 3.63) is 28.2 Å². The Morgan fingerprint density at radius 2 is 2.10 bits per heavy atom. The average Bonchev–Trinajstić information content (AvgIpc) is 2.76. The Morgan fingerprint density at radius 3 is 2.65 bits per heavy atom. The molecular formula is C13H16BrNO4S. The van der Waals surface area contributed by atoms with E-state index in [2.05, 4.69) is 20.7 Å². The van der Waals surface area contributed by atoms with Crippen LogP contribution in [-0.4, -0.2) is 25.5 Å². The van der Waals surface area contributed by atoms with Crippen LogP contribution in [0.5, 0.6) is 0 Å². The van der Waals surface area contributed by atoms with Crippen molar-refractivity contribution in [2.45, 2.75) is 37.1 Å². The number of carbonyl (C=O) groups is 1. The van der Waals surface area contributed by atoms with E-state index in [4.69, 9.17) is 5.11 Å². The molecule has 110 valence electrons. The number of hydrogen-bond donors (Lipinski definition) is 2. The Morgan fingerprint density at radius 1 is 1.40 bits per heavy atom. The van der Waals surface area contributed by atoms with Gasteiger partial charge in [-0.1, -0.05) is 6.07 Å². The zero-order valence-corrected chi connectivity index (χ0v) is 13.4. The van der Waals surface area contributed by atoms with Gasteiger partial charge < -0.3 is 5.11 Å². The van der Waals surface area contributed by atoms with Crippen molar-refractivity contribution in [1.29, 1.82) is 0 Å². The fraction of sp³-hybridized carbons (Fsp3) is 0.462. The lowest BCUT2D eigenvalue weighted by Crippen LogP contribution is -2.33. The molecule has 1 aromatic rings. The van der Waals surface area contributed by atoms with Crippen molar-refractivity contribution >= 4 is 31.9 Å². The first-order valence-electron chi connectivity index (χ1n) is 6.31. The van der Waals surface area contributed by atoms with Crippen LogP contribution >= 0.6 is 15.9 Å². The first kappa shape index (κ1) is 15.5. The molecular weight excluding hydrogens is 346 g/mol. The molecule has 0 heterocycles. The summed E-state index contributed by atoms with van der Waals surface area (Å²) in [5.41, 5.74) is 0.961. The van der Waals surface area contributed by atoms with Crippen LogP contribution in [0.3, 0.4) is 0 Å². The normalized spacial score (nSPS) is 22.9. The van der Waals surface area contributed by atoms with E-state index >= 15 is 0 Å². The van der Waals surface area contributed by atoms with Crippen LogP contribution in [0.1, 0.15) is 24.8 Å². The molecule has 2 N–H and O–H groups in total. The fourth-order valence-corrected chi connectivity index (χ4v) is 4.89. The van der Waals surface area contributed by atoms with Crippen molar-refractivity contribution in [2.75, 3.05) is 0 Å². The van der Waals surface area contributed by atoms with Crippen LogP contribution in [0, 0.1) is 12.8 Å². The number of hydrogen-bond acceptors (Lipinski definition) is 3. The lowest BCUT2D eigenvalue weighted by atomic mass is 10.1. The average molecular weight is 362 g/mol. The highest BCUT2D eigenvalue weighted by Crippen LogP contribution is 2.28. The Kier molecular flexibility index (Phi) is 4.51. The molecule has 7 heteroatoms. The molecule has 1 aliphatic rings. The van der Waals surface area contributed by atoms with Gasteiger partial charge in [-0.2, -0.15) is 0 Å². The maximum absolute atomic E-state index is 12.3. The SMILES string of the molecule is Cc1ccc(S(=O)(=O)NC2CCC(C(=O)O)C2)c(Br)c1. The molecule has 1 aromatic carbocycles. The van der Waals surface area contributed by atoms with Gasteiger partial charge in [-0.3, -0.25) is 4.79 Å². The van der Waals surface area contributed by atoms with Crippen molar-refractivity contribution in [3.63, 3.8) is 0 Å². The highest BCUT2D eigenvalue weighted by Gasteiger charge is 2.32. The topological polar surface area (TPSA) is 83.5 Å². The van der Waals surface area contributed by atoms with Crippen LogP contribution in [0.4, 0.5) is 0 Å². The molecule has 2 atom stereocenters. The van der Waals surface area contributed by atoms with Gasteiger partial charge in [0.25, 0.3) is 0 Å². The Hall–Kier alpha value is -0.920. The third-order valence-electron chi connectivity index (χ3n) is 3.48. The van der Waals surface area contributed by atoms with Crippen LogP contribution < -0.4 is 4.72 Å². The number of sulfonamides is 1. The largest absolute Gasteiger partial charge is 0.481 e. The second-order valence-electron chi connectivity index (χ2n) is 5.10. The van der Waals surface area contributed by atoms with Gasteiger partial charge in [0.2, 0.25) is 10.0 Å². The highest BCUT2D eigenvalue weighted by molar-refractivity contribution is 9.10. The molecule has 0 bridgehead atoms. The summed E-state index contributed by atoms with van der Waals surface area (Å²) in [5.74, 6) is -1.31. The number of aryl methyl sites for hydroxylation is 1. The van der Waals surface area contributed by atoms with Crippen LogP contribution in [-0.2, 0) is 14.8 Å². The maximum Gasteiger partial charge on any atom is 0.306 e. The van der Waals surface area contributed by atoms with Gasteiger partial charge >= 0.3 is 5.97 Å². The Labute approximate surface area is 126 Å². The van der Waals surface area contributed by atoms with Crippen molar-refractivity contribution < 1.29 is 18.3 Å². The van der Waals surface area contributed by atoms with E-state index in [1.54, 1.807) is 18.2 Å². The second kappa shape index (κ2) is 5.83. The van der Waals surface area contributed by atoms with Crippen LogP contribution in [0.25, 0.3) is 0 Å². The zero-order valence-electron chi connectivity index (χ0n) is 11.0. The van der Waals surface area contributed by atoms with Crippen molar-refractivity contribution in [2.24, 2.45) is 5.92 Å². The van der Waals surface area contributed by atoms with Gasteiger partial charge in [-0.05, 0) is 59.8 Å². The molecule has 1 fully saturated rings. The summed E-state index contributed by atoms with van der Waals surface area (Å²) in [6.07, 6.45) is 1.41. The lowest BCUT2D eigenvalue weighted by Gasteiger charge is -2.14. The summed E-state index contributed by atoms with van der Waals surface area (Å²) < 4.78 is 27.7. The summed E-state index contributed by atoms with van der Waals surface area (Å²) in [6.45, 7) is 1.88. The monoisotopic (exact) mass is 361 g/mol. The summed E-state index contributed by atoms with van der Waals surface area (Å²) in [4.78, 5) is 11.1. The second-order valence-corrected chi connectivity index (χ2v) is 7.64. The van der Waals surface area contributed by atoms with E-state index in [0.29, 0.717) is 23.7 Å². The maximum atomic E-state index is 12.3. The fourth-order valence-electron chi connectivity index (χ4n) is 2.42. The third-order valence-corrected chi connectivity index (χ3v) is 5.98. The molecule has 20 heavy (non-hydrogen) atoms. The van der Waals surface area contributed by atoms with Crippen molar-refractivity contribution in [1.82, 2.24) is 4.72 Å². The zero-order chi connectivity index (χ0) is 14.9. The van der Waals surface area contributed by atoms with Crippen LogP contribution in [0.15, 0.2) is 27.6 Å². The molecule has 0 aromatic heterocycles. The molecule has 2 rings (SSSR count). The molecule has 0 aliphatic heterocycles. The Balaban J connectivity index is 2.14. The number of carboxylic acid groups (broad SMARTS) is 1. The molecule has 2 unspecified atom stereocenters. The van der Waals surface area contributed by atoms with E-state index in [-0.39, 0.29) is 10.9 Å². The van der Waals surface area contributed by atoms with Gasteiger partial charge in [0.1, 0.15) is 0 Å². The molecule has 0 radical (unpaired) electrons. The van der Waals surface area contributed by atoms with E-state index in [1.165, 1.54) is 0 Å². The van der Waals surface area contributed by atoms with E-state index in [0.717, 1.165) is 5.56 Å². The molecule has 1 saturated carbocycles. The predicted octanol–water partition coefficient (Wildman–Crippen LogP) is 2.29.